The molecule has 13 heavy (non-hydrogen) atoms. The first-order chi connectivity index (χ1) is 6.24. The number of aryl methyl sites for hydroxylation is 1. The Bertz CT molecular complexity index is 285. The summed E-state index contributed by atoms with van der Waals surface area (Å²) >= 11 is 5.44. The molecule has 0 saturated heterocycles. The number of alkyl halides is 1. The Labute approximate surface area is 81.3 Å². The summed E-state index contributed by atoms with van der Waals surface area (Å²) in [5.74, 6) is 0.970. The van der Waals surface area contributed by atoms with Gasteiger partial charge in [-0.05, 0) is 13.3 Å². The quantitative estimate of drug-likeness (QED) is 0.592. The number of halogens is 1. The number of nitrogens with one attached hydrogen (secondary N) is 1. The second kappa shape index (κ2) is 4.87. The molecule has 0 aromatic carbocycles. The molecule has 0 aliphatic heterocycles. The van der Waals surface area contributed by atoms with Gasteiger partial charge < -0.3 is 9.73 Å². The van der Waals surface area contributed by atoms with Crippen LogP contribution in [0.3, 0.4) is 0 Å². The lowest BCUT2D eigenvalue weighted by molar-refractivity contribution is 0.0918. The molecule has 1 amide bonds. The molecule has 5 heteroatoms. The van der Waals surface area contributed by atoms with Crippen LogP contribution in [-0.4, -0.2) is 23.3 Å². The highest BCUT2D eigenvalue weighted by Gasteiger charge is 2.10. The minimum absolute atomic E-state index is 0.104. The van der Waals surface area contributed by atoms with Gasteiger partial charge in [-0.3, -0.25) is 4.79 Å². The van der Waals surface area contributed by atoms with Gasteiger partial charge in [0.2, 0.25) is 0 Å². The third-order valence-corrected chi connectivity index (χ3v) is 1.68. The maximum atomic E-state index is 11.2. The lowest BCUT2D eigenvalue weighted by atomic mass is 10.4. The van der Waals surface area contributed by atoms with Crippen LogP contribution in [0, 0.1) is 6.92 Å². The zero-order valence-electron chi connectivity index (χ0n) is 7.34. The largest absolute Gasteiger partial charge is 0.438 e. The average molecular weight is 203 g/mol. The molecule has 4 nitrogen and oxygen atoms in total. The lowest BCUT2D eigenvalue weighted by Crippen LogP contribution is -2.24. The zero-order chi connectivity index (χ0) is 9.68. The molecule has 0 atom stereocenters. The number of hydrogen-bond donors (Lipinski definition) is 1. The van der Waals surface area contributed by atoms with Gasteiger partial charge in [-0.25, -0.2) is 4.98 Å². The highest BCUT2D eigenvalue weighted by Crippen LogP contribution is 2.00. The first kappa shape index (κ1) is 10.1. The molecule has 0 aliphatic carbocycles. The molecule has 1 aromatic heterocycles. The molecule has 1 heterocycles. The van der Waals surface area contributed by atoms with Gasteiger partial charge in [0.1, 0.15) is 5.76 Å². The molecular formula is C8H11ClN2O2. The predicted molar refractivity (Wildman–Crippen MR) is 48.9 cm³/mol. The molecule has 72 valence electrons. The van der Waals surface area contributed by atoms with E-state index < -0.39 is 0 Å². The van der Waals surface area contributed by atoms with Crippen molar-refractivity contribution in [2.75, 3.05) is 12.4 Å². The normalized spacial score (nSPS) is 10.0. The molecule has 0 radical (unpaired) electrons. The number of aromatic nitrogens is 1. The van der Waals surface area contributed by atoms with Crippen LogP contribution in [0.5, 0.6) is 0 Å². The highest BCUT2D eigenvalue weighted by molar-refractivity contribution is 6.17. The summed E-state index contributed by atoms with van der Waals surface area (Å²) in [5.41, 5.74) is 0. The molecule has 0 saturated carbocycles. The summed E-state index contributed by atoms with van der Waals surface area (Å²) in [6.45, 7) is 2.28. The van der Waals surface area contributed by atoms with E-state index in [0.29, 0.717) is 18.2 Å². The summed E-state index contributed by atoms with van der Waals surface area (Å²) in [7, 11) is 0. The third-order valence-electron chi connectivity index (χ3n) is 1.41. The molecule has 0 fully saturated rings. The van der Waals surface area contributed by atoms with Crippen LogP contribution < -0.4 is 5.32 Å². The van der Waals surface area contributed by atoms with Crippen molar-refractivity contribution >= 4 is 17.5 Å². The maximum absolute atomic E-state index is 11.2. The topological polar surface area (TPSA) is 55.1 Å². The molecule has 0 spiro atoms. The van der Waals surface area contributed by atoms with Crippen molar-refractivity contribution in [3.8, 4) is 0 Å². The standard InChI is InChI=1S/C8H11ClN2O2/c1-6-5-11-8(13-6)7(12)10-4-2-3-9/h5H,2-4H2,1H3,(H,10,12). The summed E-state index contributed by atoms with van der Waals surface area (Å²) in [4.78, 5) is 15.0. The maximum Gasteiger partial charge on any atom is 0.307 e. The molecular weight excluding hydrogens is 192 g/mol. The first-order valence-corrected chi connectivity index (χ1v) is 4.54. The Morgan fingerprint density at radius 3 is 3.08 bits per heavy atom. The zero-order valence-corrected chi connectivity index (χ0v) is 8.10. The van der Waals surface area contributed by atoms with E-state index in [1.165, 1.54) is 6.20 Å². The van der Waals surface area contributed by atoms with Gasteiger partial charge in [0.15, 0.2) is 0 Å². The third kappa shape index (κ3) is 3.06. The number of carbonyl (C=O) groups is 1. The Morgan fingerprint density at radius 1 is 1.77 bits per heavy atom. The average Bonchev–Trinajstić information content (AvgIpc) is 2.52. The molecule has 0 aliphatic rings. The fourth-order valence-electron chi connectivity index (χ4n) is 0.804. The fraction of sp³-hybridized carbons (Fsp3) is 0.500. The minimum Gasteiger partial charge on any atom is -0.438 e. The van der Waals surface area contributed by atoms with Crippen LogP contribution >= 0.6 is 11.6 Å². The van der Waals surface area contributed by atoms with E-state index in [2.05, 4.69) is 10.3 Å². The SMILES string of the molecule is Cc1cnc(C(=O)NCCCCl)o1. The van der Waals surface area contributed by atoms with Crippen LogP contribution in [0.25, 0.3) is 0 Å². The van der Waals surface area contributed by atoms with Gasteiger partial charge >= 0.3 is 5.91 Å². The summed E-state index contributed by atoms with van der Waals surface area (Å²) in [6, 6.07) is 0. The number of hydrogen-bond acceptors (Lipinski definition) is 3. The van der Waals surface area contributed by atoms with Crippen LogP contribution in [0.4, 0.5) is 0 Å². The summed E-state index contributed by atoms with van der Waals surface area (Å²) < 4.78 is 5.02. The van der Waals surface area contributed by atoms with Crippen LogP contribution in [-0.2, 0) is 0 Å². The first-order valence-electron chi connectivity index (χ1n) is 4.00. The van der Waals surface area contributed by atoms with E-state index in [1.807, 2.05) is 0 Å². The molecule has 1 aromatic rings. The number of nitrogens with zero attached hydrogens (tertiary/aromatic N) is 1. The van der Waals surface area contributed by atoms with Gasteiger partial charge in [-0.1, -0.05) is 0 Å². The van der Waals surface area contributed by atoms with E-state index in [1.54, 1.807) is 6.92 Å². The van der Waals surface area contributed by atoms with Gasteiger partial charge in [0.25, 0.3) is 5.89 Å². The minimum atomic E-state index is -0.293. The fourth-order valence-corrected chi connectivity index (χ4v) is 0.938. The van der Waals surface area contributed by atoms with E-state index in [9.17, 15) is 4.79 Å². The molecule has 0 bridgehead atoms. The van der Waals surface area contributed by atoms with Crippen molar-refractivity contribution < 1.29 is 9.21 Å². The van der Waals surface area contributed by atoms with E-state index in [4.69, 9.17) is 16.0 Å². The molecule has 1 rings (SSSR count). The van der Waals surface area contributed by atoms with E-state index >= 15 is 0 Å². The van der Waals surface area contributed by atoms with E-state index in [0.717, 1.165) is 6.42 Å². The van der Waals surface area contributed by atoms with E-state index in [-0.39, 0.29) is 11.8 Å². The van der Waals surface area contributed by atoms with Crippen LogP contribution in [0.1, 0.15) is 22.9 Å². The van der Waals surface area contributed by atoms with Crippen molar-refractivity contribution in [3.63, 3.8) is 0 Å². The number of oxazole rings is 1. The summed E-state index contributed by atoms with van der Waals surface area (Å²) in [5, 5.41) is 2.63. The Hall–Kier alpha value is -1.03. The predicted octanol–water partition coefficient (Wildman–Crippen LogP) is 1.34. The van der Waals surface area contributed by atoms with Crippen molar-refractivity contribution in [1.29, 1.82) is 0 Å². The monoisotopic (exact) mass is 202 g/mol. The van der Waals surface area contributed by atoms with Gasteiger partial charge in [-0.2, -0.15) is 0 Å². The molecule has 0 unspecified atom stereocenters. The summed E-state index contributed by atoms with van der Waals surface area (Å²) in [6.07, 6.45) is 2.25. The Morgan fingerprint density at radius 2 is 2.54 bits per heavy atom. The second-order valence-corrected chi connectivity index (χ2v) is 2.95. The molecule has 1 N–H and O–H groups in total. The van der Waals surface area contributed by atoms with Crippen LogP contribution in [0.15, 0.2) is 10.6 Å². The van der Waals surface area contributed by atoms with Crippen molar-refractivity contribution in [2.24, 2.45) is 0 Å². The lowest BCUT2D eigenvalue weighted by Gasteiger charge is -1.98. The Kier molecular flexibility index (Phi) is 3.76. The Balaban J connectivity index is 2.40. The number of amides is 1. The number of rotatable bonds is 4. The van der Waals surface area contributed by atoms with Gasteiger partial charge in [0, 0.05) is 12.4 Å². The second-order valence-electron chi connectivity index (χ2n) is 2.57. The van der Waals surface area contributed by atoms with Crippen LogP contribution in [0.2, 0.25) is 0 Å². The highest BCUT2D eigenvalue weighted by atomic mass is 35.5. The van der Waals surface area contributed by atoms with Gasteiger partial charge in [0.05, 0.1) is 6.20 Å². The van der Waals surface area contributed by atoms with Crippen molar-refractivity contribution in [1.82, 2.24) is 10.3 Å². The van der Waals surface area contributed by atoms with Crippen molar-refractivity contribution in [2.45, 2.75) is 13.3 Å². The number of carbonyl (C=O) groups excluding carboxylic acids is 1. The van der Waals surface area contributed by atoms with Crippen molar-refractivity contribution in [3.05, 3.63) is 17.8 Å². The smallest absolute Gasteiger partial charge is 0.307 e. The van der Waals surface area contributed by atoms with Gasteiger partial charge in [-0.15, -0.1) is 11.6 Å².